The minimum absolute atomic E-state index is 0.117. The predicted octanol–water partition coefficient (Wildman–Crippen LogP) is 4.16. The van der Waals surface area contributed by atoms with Crippen LogP contribution in [-0.4, -0.2) is 10.9 Å². The lowest BCUT2D eigenvalue weighted by Crippen LogP contribution is -1.97. The Morgan fingerprint density at radius 1 is 0.909 bits per heavy atom. The van der Waals surface area contributed by atoms with E-state index < -0.39 is 0 Å². The minimum Gasteiger partial charge on any atom is -0.508 e. The number of hydrogen-bond acceptors (Lipinski definition) is 3. The first kappa shape index (κ1) is 12.7. The van der Waals surface area contributed by atoms with Gasteiger partial charge in [0.25, 0.3) is 0 Å². The van der Waals surface area contributed by atoms with Gasteiger partial charge in [-0.15, -0.1) is 0 Å². The van der Waals surface area contributed by atoms with E-state index in [0.29, 0.717) is 17.1 Å². The molecule has 0 spiro atoms. The third kappa shape index (κ3) is 1.95. The smallest absolute Gasteiger partial charge is 0.231 e. The summed E-state index contributed by atoms with van der Waals surface area (Å²) < 4.78 is 5.82. The molecule has 4 rings (SSSR count). The minimum atomic E-state index is -0.117. The molecular weight excluding hydrogens is 276 g/mol. The van der Waals surface area contributed by atoms with Crippen LogP contribution < -0.4 is 4.74 Å². The Morgan fingerprint density at radius 2 is 1.68 bits per heavy atom. The van der Waals surface area contributed by atoms with Gasteiger partial charge in [0.2, 0.25) is 5.78 Å². The van der Waals surface area contributed by atoms with E-state index in [0.717, 1.165) is 16.3 Å². The third-order valence-electron chi connectivity index (χ3n) is 3.75. The number of ether oxygens (including phenoxy) is 1. The molecule has 1 aliphatic heterocycles. The van der Waals surface area contributed by atoms with E-state index in [9.17, 15) is 9.90 Å². The summed E-state index contributed by atoms with van der Waals surface area (Å²) in [7, 11) is 0. The van der Waals surface area contributed by atoms with Gasteiger partial charge in [0.1, 0.15) is 11.5 Å². The van der Waals surface area contributed by atoms with Gasteiger partial charge in [0.15, 0.2) is 5.76 Å². The summed E-state index contributed by atoms with van der Waals surface area (Å²) in [4.78, 5) is 12.5. The zero-order valence-corrected chi connectivity index (χ0v) is 11.6. The van der Waals surface area contributed by atoms with E-state index in [4.69, 9.17) is 4.74 Å². The number of ketones is 1. The van der Waals surface area contributed by atoms with Crippen LogP contribution >= 0.6 is 0 Å². The molecule has 1 heterocycles. The van der Waals surface area contributed by atoms with Crippen molar-refractivity contribution in [1.29, 1.82) is 0 Å². The lowest BCUT2D eigenvalue weighted by atomic mass is 10.0. The Morgan fingerprint density at radius 3 is 2.50 bits per heavy atom. The van der Waals surface area contributed by atoms with Crippen molar-refractivity contribution in [2.24, 2.45) is 0 Å². The van der Waals surface area contributed by atoms with E-state index in [2.05, 4.69) is 0 Å². The highest BCUT2D eigenvalue weighted by atomic mass is 16.5. The van der Waals surface area contributed by atoms with Gasteiger partial charge < -0.3 is 9.84 Å². The van der Waals surface area contributed by atoms with Crippen molar-refractivity contribution in [2.45, 2.75) is 0 Å². The molecular formula is C19H12O3. The fourth-order valence-corrected chi connectivity index (χ4v) is 2.64. The maximum atomic E-state index is 12.5. The van der Waals surface area contributed by atoms with Crippen LogP contribution in [0.5, 0.6) is 11.5 Å². The first-order chi connectivity index (χ1) is 10.7. The van der Waals surface area contributed by atoms with Crippen LogP contribution in [0.4, 0.5) is 0 Å². The van der Waals surface area contributed by atoms with Crippen molar-refractivity contribution in [2.75, 3.05) is 0 Å². The fourth-order valence-electron chi connectivity index (χ4n) is 2.64. The van der Waals surface area contributed by atoms with E-state index in [-0.39, 0.29) is 11.5 Å². The van der Waals surface area contributed by atoms with Gasteiger partial charge in [-0.1, -0.05) is 42.5 Å². The molecule has 3 nitrogen and oxygen atoms in total. The predicted molar refractivity (Wildman–Crippen MR) is 85.0 cm³/mol. The van der Waals surface area contributed by atoms with Crippen LogP contribution in [0.3, 0.4) is 0 Å². The van der Waals surface area contributed by atoms with E-state index in [1.165, 1.54) is 0 Å². The maximum absolute atomic E-state index is 12.5. The van der Waals surface area contributed by atoms with Crippen LogP contribution in [0.1, 0.15) is 15.9 Å². The highest BCUT2D eigenvalue weighted by Gasteiger charge is 2.28. The van der Waals surface area contributed by atoms with Gasteiger partial charge in [0.05, 0.1) is 5.56 Å². The molecule has 1 N–H and O–H groups in total. The fraction of sp³-hybridized carbons (Fsp3) is 0. The van der Waals surface area contributed by atoms with Crippen LogP contribution in [0.15, 0.2) is 66.4 Å². The molecule has 1 aliphatic rings. The number of aromatic hydroxyl groups is 1. The second kappa shape index (κ2) is 4.74. The van der Waals surface area contributed by atoms with Crippen molar-refractivity contribution >= 4 is 22.6 Å². The average Bonchev–Trinajstić information content (AvgIpc) is 2.86. The maximum Gasteiger partial charge on any atom is 0.231 e. The highest BCUT2D eigenvalue weighted by molar-refractivity contribution is 6.17. The van der Waals surface area contributed by atoms with Crippen LogP contribution in [0.2, 0.25) is 0 Å². The first-order valence-corrected chi connectivity index (χ1v) is 6.97. The Kier molecular flexibility index (Phi) is 2.73. The van der Waals surface area contributed by atoms with E-state index in [1.807, 2.05) is 30.3 Å². The molecule has 0 aliphatic carbocycles. The Bertz CT molecular complexity index is 921. The largest absolute Gasteiger partial charge is 0.508 e. The van der Waals surface area contributed by atoms with Gasteiger partial charge in [-0.2, -0.15) is 0 Å². The molecule has 0 unspecified atom stereocenters. The molecule has 0 saturated heterocycles. The molecule has 106 valence electrons. The van der Waals surface area contributed by atoms with Gasteiger partial charge in [-0.25, -0.2) is 0 Å². The van der Waals surface area contributed by atoms with Crippen molar-refractivity contribution in [1.82, 2.24) is 0 Å². The average molecular weight is 288 g/mol. The van der Waals surface area contributed by atoms with Crippen molar-refractivity contribution in [3.8, 4) is 11.5 Å². The van der Waals surface area contributed by atoms with Gasteiger partial charge in [-0.3, -0.25) is 4.79 Å². The zero-order chi connectivity index (χ0) is 15.1. The number of phenolic OH excluding ortho intramolecular Hbond substituents is 1. The molecule has 3 aromatic rings. The van der Waals surface area contributed by atoms with Gasteiger partial charge in [0, 0.05) is 5.39 Å². The lowest BCUT2D eigenvalue weighted by molar-refractivity contribution is 0.101. The van der Waals surface area contributed by atoms with E-state index >= 15 is 0 Å². The Hall–Kier alpha value is -3.07. The van der Waals surface area contributed by atoms with Crippen molar-refractivity contribution < 1.29 is 14.6 Å². The monoisotopic (exact) mass is 288 g/mol. The third-order valence-corrected chi connectivity index (χ3v) is 3.75. The van der Waals surface area contributed by atoms with Crippen LogP contribution in [-0.2, 0) is 0 Å². The molecule has 22 heavy (non-hydrogen) atoms. The summed E-state index contributed by atoms with van der Waals surface area (Å²) in [6.07, 6.45) is 1.69. The van der Waals surface area contributed by atoms with Crippen molar-refractivity contribution in [3.63, 3.8) is 0 Å². The Labute approximate surface area is 127 Å². The second-order valence-electron chi connectivity index (χ2n) is 5.19. The molecule has 0 radical (unpaired) electrons. The summed E-state index contributed by atoms with van der Waals surface area (Å²) in [6, 6.07) is 18.2. The molecule has 3 aromatic carbocycles. The second-order valence-corrected chi connectivity index (χ2v) is 5.19. The van der Waals surface area contributed by atoms with Gasteiger partial charge in [-0.05, 0) is 35.2 Å². The number of rotatable bonds is 1. The number of benzene rings is 3. The number of allylic oxidation sites excluding steroid dienone is 1. The summed E-state index contributed by atoms with van der Waals surface area (Å²) >= 11 is 0. The molecule has 0 saturated carbocycles. The normalized spacial score (nSPS) is 15.1. The number of carbonyl (C=O) groups is 1. The SMILES string of the molecule is O=C1/C(=C/c2ccc(O)cc2)Oc2c1ccc1ccccc21. The first-order valence-electron chi connectivity index (χ1n) is 6.97. The number of hydrogen-bond donors (Lipinski definition) is 1. The quantitative estimate of drug-likeness (QED) is 0.684. The number of Topliss-reactive ketones (excluding diaryl/α,β-unsaturated/α-hetero) is 1. The molecule has 0 atom stereocenters. The van der Waals surface area contributed by atoms with Crippen molar-refractivity contribution in [3.05, 3.63) is 77.5 Å². The van der Waals surface area contributed by atoms with Gasteiger partial charge >= 0.3 is 0 Å². The van der Waals surface area contributed by atoms with Crippen LogP contribution in [0.25, 0.3) is 16.8 Å². The molecule has 0 aromatic heterocycles. The molecule has 0 fully saturated rings. The standard InChI is InChI=1S/C19H12O3/c20-14-8-5-12(6-9-14)11-17-18(21)16-10-7-13-3-1-2-4-15(13)19(16)22-17/h1-11,20H/b17-11-. The number of carbonyl (C=O) groups excluding carboxylic acids is 1. The summed E-state index contributed by atoms with van der Waals surface area (Å²) in [6.45, 7) is 0. The lowest BCUT2D eigenvalue weighted by Gasteiger charge is -2.03. The Balaban J connectivity index is 1.81. The molecule has 3 heteroatoms. The molecule has 0 amide bonds. The van der Waals surface area contributed by atoms with Crippen LogP contribution in [0, 0.1) is 0 Å². The number of fused-ring (bicyclic) bond motifs is 3. The topological polar surface area (TPSA) is 46.5 Å². The molecule has 0 bridgehead atoms. The zero-order valence-electron chi connectivity index (χ0n) is 11.6. The number of phenols is 1. The summed E-state index contributed by atoms with van der Waals surface area (Å²) in [5.41, 5.74) is 1.39. The summed E-state index contributed by atoms with van der Waals surface area (Å²) in [5.74, 6) is 0.995. The highest BCUT2D eigenvalue weighted by Crippen LogP contribution is 2.38. The summed E-state index contributed by atoms with van der Waals surface area (Å²) in [5, 5.41) is 11.3. The van der Waals surface area contributed by atoms with E-state index in [1.54, 1.807) is 36.4 Å².